The van der Waals surface area contributed by atoms with Gasteiger partial charge < -0.3 is 4.74 Å². The number of hydrogen-bond donors (Lipinski definition) is 0. The zero-order valence-electron chi connectivity index (χ0n) is 11.1. The molecule has 7 heteroatoms. The Morgan fingerprint density at radius 3 is 2.62 bits per heavy atom. The first-order valence-electron chi connectivity index (χ1n) is 5.93. The second-order valence-electron chi connectivity index (χ2n) is 3.81. The highest BCUT2D eigenvalue weighted by Gasteiger charge is 2.29. The lowest BCUT2D eigenvalue weighted by atomic mass is 9.90. The molecule has 0 aliphatic heterocycles. The lowest BCUT2D eigenvalue weighted by Gasteiger charge is -2.12. The molecule has 1 rings (SSSR count). The highest BCUT2D eigenvalue weighted by molar-refractivity contribution is 5.99. The van der Waals surface area contributed by atoms with Gasteiger partial charge in [-0.05, 0) is 6.92 Å². The molecule has 1 atom stereocenters. The lowest BCUT2D eigenvalue weighted by molar-refractivity contribution is -0.385. The molecule has 21 heavy (non-hydrogen) atoms. The monoisotopic (exact) mass is 289 g/mol. The molecule has 0 aromatic heterocycles. The number of nitro benzene ring substituents is 1. The van der Waals surface area contributed by atoms with Gasteiger partial charge in [0.2, 0.25) is 0 Å². The van der Waals surface area contributed by atoms with Crippen LogP contribution in [0.5, 0.6) is 0 Å². The van der Waals surface area contributed by atoms with Gasteiger partial charge in [-0.2, -0.15) is 0 Å². The van der Waals surface area contributed by atoms with Gasteiger partial charge in [0.1, 0.15) is 17.5 Å². The normalized spacial score (nSPS) is 10.7. The summed E-state index contributed by atoms with van der Waals surface area (Å²) in [7, 11) is 0. The Labute approximate surface area is 119 Å². The number of rotatable bonds is 6. The maximum atomic E-state index is 11.7. The number of nitrogens with zero attached hydrogens (tertiary/aromatic N) is 1. The molecule has 0 N–H and O–H groups in total. The molecule has 7 nitrogen and oxygen atoms in total. The van der Waals surface area contributed by atoms with Gasteiger partial charge in [0.25, 0.3) is 5.69 Å². The van der Waals surface area contributed by atoms with Crippen molar-refractivity contribution in [1.82, 2.24) is 0 Å². The van der Waals surface area contributed by atoms with Crippen LogP contribution < -0.4 is 0 Å². The summed E-state index contributed by atoms with van der Waals surface area (Å²) < 4.78 is 4.69. The molecule has 0 bridgehead atoms. The van der Waals surface area contributed by atoms with Crippen LogP contribution in [0.4, 0.5) is 5.69 Å². The van der Waals surface area contributed by atoms with Crippen molar-refractivity contribution in [2.75, 3.05) is 6.61 Å². The molecule has 1 unspecified atom stereocenters. The smallest absolute Gasteiger partial charge is 0.346 e. The van der Waals surface area contributed by atoms with Gasteiger partial charge in [-0.1, -0.05) is 18.2 Å². The van der Waals surface area contributed by atoms with Crippen LogP contribution in [-0.4, -0.2) is 29.4 Å². The Bertz CT molecular complexity index is 653. The third kappa shape index (κ3) is 3.73. The summed E-state index contributed by atoms with van der Waals surface area (Å²) in [4.78, 5) is 43.7. The van der Waals surface area contributed by atoms with Crippen LogP contribution in [0.25, 0.3) is 0 Å². The first kappa shape index (κ1) is 16.0. The van der Waals surface area contributed by atoms with Crippen LogP contribution in [0.15, 0.2) is 35.9 Å². The SMILES string of the molecule is CCOC(=O)C(=C=O)C(C=C=O)c1ccccc1[N+](=O)[O-]. The van der Waals surface area contributed by atoms with Gasteiger partial charge in [0.15, 0.2) is 0 Å². The van der Waals surface area contributed by atoms with Crippen molar-refractivity contribution < 1.29 is 24.0 Å². The van der Waals surface area contributed by atoms with Gasteiger partial charge in [0, 0.05) is 17.7 Å². The third-order valence-electron chi connectivity index (χ3n) is 2.62. The minimum absolute atomic E-state index is 0.0113. The summed E-state index contributed by atoms with van der Waals surface area (Å²) in [5.41, 5.74) is -0.835. The van der Waals surface area contributed by atoms with Crippen molar-refractivity contribution in [2.24, 2.45) is 0 Å². The Morgan fingerprint density at radius 2 is 2.10 bits per heavy atom. The number of para-hydroxylation sites is 1. The van der Waals surface area contributed by atoms with Crippen molar-refractivity contribution in [3.63, 3.8) is 0 Å². The molecular weight excluding hydrogens is 278 g/mol. The number of esters is 1. The Kier molecular flexibility index (Phi) is 5.77. The fourth-order valence-electron chi connectivity index (χ4n) is 1.75. The molecular formula is C14H11NO6. The summed E-state index contributed by atoms with van der Waals surface area (Å²) in [6.07, 6.45) is 0.847. The minimum atomic E-state index is -1.24. The standard InChI is InChI=1S/C14H11NO6/c1-2-21-14(18)12(9-17)10(7-8-16)11-5-3-4-6-13(11)15(19)20/h3-7,10H,2H2,1H3. The predicted octanol–water partition coefficient (Wildman–Crippen LogP) is 1.39. The minimum Gasteiger partial charge on any atom is -0.462 e. The van der Waals surface area contributed by atoms with E-state index in [1.165, 1.54) is 43.1 Å². The van der Waals surface area contributed by atoms with Gasteiger partial charge in [-0.25, -0.2) is 14.4 Å². The highest BCUT2D eigenvalue weighted by Crippen LogP contribution is 2.31. The zero-order valence-corrected chi connectivity index (χ0v) is 11.1. The van der Waals surface area contributed by atoms with Crippen molar-refractivity contribution in [3.8, 4) is 0 Å². The molecule has 0 amide bonds. The van der Waals surface area contributed by atoms with E-state index in [9.17, 15) is 24.5 Å². The van der Waals surface area contributed by atoms with Gasteiger partial charge in [-0.15, -0.1) is 0 Å². The summed E-state index contributed by atoms with van der Waals surface area (Å²) in [5.74, 6) is 0.615. The number of allylic oxidation sites excluding steroid dienone is 1. The van der Waals surface area contributed by atoms with E-state index < -0.39 is 22.4 Å². The molecule has 0 saturated heterocycles. The summed E-state index contributed by atoms with van der Waals surface area (Å²) in [6.45, 7) is 1.55. The fourth-order valence-corrected chi connectivity index (χ4v) is 1.75. The lowest BCUT2D eigenvalue weighted by Crippen LogP contribution is -2.15. The molecule has 1 aromatic carbocycles. The highest BCUT2D eigenvalue weighted by atomic mass is 16.6. The van der Waals surface area contributed by atoms with E-state index in [0.717, 1.165) is 6.08 Å². The molecule has 1 aromatic rings. The van der Waals surface area contributed by atoms with Gasteiger partial charge in [0.05, 0.1) is 17.4 Å². The number of nitro groups is 1. The maximum Gasteiger partial charge on any atom is 0.346 e. The van der Waals surface area contributed by atoms with E-state index in [1.807, 2.05) is 0 Å². The molecule has 0 fully saturated rings. The van der Waals surface area contributed by atoms with Gasteiger partial charge in [-0.3, -0.25) is 10.1 Å². The topological polar surface area (TPSA) is 104 Å². The van der Waals surface area contributed by atoms with E-state index in [4.69, 9.17) is 0 Å². The first-order chi connectivity index (χ1) is 10.1. The van der Waals surface area contributed by atoms with E-state index in [2.05, 4.69) is 4.74 Å². The number of benzene rings is 1. The maximum absolute atomic E-state index is 11.7. The number of carbonyl (C=O) groups excluding carboxylic acids is 3. The fraction of sp³-hybridized carbons (Fsp3) is 0.214. The number of carbonyl (C=O) groups is 1. The molecule has 0 aliphatic rings. The van der Waals surface area contributed by atoms with Crippen LogP contribution in [0, 0.1) is 10.1 Å². The molecule has 0 radical (unpaired) electrons. The van der Waals surface area contributed by atoms with Crippen LogP contribution in [-0.2, 0) is 19.1 Å². The van der Waals surface area contributed by atoms with Crippen LogP contribution >= 0.6 is 0 Å². The predicted molar refractivity (Wildman–Crippen MR) is 71.9 cm³/mol. The van der Waals surface area contributed by atoms with Gasteiger partial charge >= 0.3 is 5.97 Å². The molecule has 0 saturated carbocycles. The van der Waals surface area contributed by atoms with Crippen LogP contribution in [0.1, 0.15) is 18.4 Å². The summed E-state index contributed by atoms with van der Waals surface area (Å²) >= 11 is 0. The quantitative estimate of drug-likeness (QED) is 0.258. The van der Waals surface area contributed by atoms with Crippen molar-refractivity contribution in [1.29, 1.82) is 0 Å². The van der Waals surface area contributed by atoms with Crippen molar-refractivity contribution >= 4 is 23.5 Å². The summed E-state index contributed by atoms with van der Waals surface area (Å²) in [6, 6.07) is 5.46. The number of hydrogen-bond acceptors (Lipinski definition) is 6. The Morgan fingerprint density at radius 1 is 1.43 bits per heavy atom. The molecule has 0 aliphatic carbocycles. The number of ether oxygens (including phenoxy) is 1. The summed E-state index contributed by atoms with van der Waals surface area (Å²) in [5, 5.41) is 11.0. The second-order valence-corrected chi connectivity index (χ2v) is 3.81. The second kappa shape index (κ2) is 7.55. The van der Waals surface area contributed by atoms with Crippen LogP contribution in [0.3, 0.4) is 0 Å². The van der Waals surface area contributed by atoms with E-state index in [0.29, 0.717) is 0 Å². The van der Waals surface area contributed by atoms with Crippen molar-refractivity contribution in [2.45, 2.75) is 12.8 Å². The van der Waals surface area contributed by atoms with Crippen LogP contribution in [0.2, 0.25) is 0 Å². The van der Waals surface area contributed by atoms with E-state index in [-0.39, 0.29) is 17.9 Å². The Balaban J connectivity index is 3.44. The third-order valence-corrected chi connectivity index (χ3v) is 2.62. The molecule has 0 spiro atoms. The van der Waals surface area contributed by atoms with Crippen molar-refractivity contribution in [3.05, 3.63) is 51.6 Å². The van der Waals surface area contributed by atoms with E-state index in [1.54, 1.807) is 0 Å². The Hall–Kier alpha value is -3.01. The van der Waals surface area contributed by atoms with E-state index >= 15 is 0 Å². The average Bonchev–Trinajstić information content (AvgIpc) is 2.47. The average molecular weight is 289 g/mol. The largest absolute Gasteiger partial charge is 0.462 e. The molecule has 0 heterocycles. The zero-order chi connectivity index (χ0) is 15.8. The first-order valence-corrected chi connectivity index (χ1v) is 5.93. The molecule has 108 valence electrons.